The third-order valence-electron chi connectivity index (χ3n) is 5.12. The Bertz CT molecular complexity index is 880. The van der Waals surface area contributed by atoms with Crippen molar-refractivity contribution in [3.05, 3.63) is 65.9 Å². The van der Waals surface area contributed by atoms with E-state index in [1.807, 2.05) is 36.0 Å². The number of hydrogen-bond acceptors (Lipinski definition) is 5. The van der Waals surface area contributed by atoms with Crippen molar-refractivity contribution in [2.75, 3.05) is 31.6 Å². The molecule has 0 bridgehead atoms. The summed E-state index contributed by atoms with van der Waals surface area (Å²) in [7, 11) is 1.66. The lowest BCUT2D eigenvalue weighted by Gasteiger charge is -2.29. The minimum Gasteiger partial charge on any atom is -0.355 e. The predicted octanol–water partition coefficient (Wildman–Crippen LogP) is 3.56. The molecular weight excluding hydrogens is 368 g/mol. The standard InChI is InChI=1S/C22H26N4OS/c1-3-24-13-6-14-25-19(16-9-11-17(12-10-16)21(27)23-2)15-26-18-7-4-5-8-20(18)28-22(25)26/h4-5,7-12,15,22,24H,3,6,13-14H2,1-2H3,(H,23,27). The fourth-order valence-electron chi connectivity index (χ4n) is 3.69. The Labute approximate surface area is 170 Å². The second kappa shape index (κ2) is 8.29. The van der Waals surface area contributed by atoms with Crippen LogP contribution in [0.1, 0.15) is 29.3 Å². The predicted molar refractivity (Wildman–Crippen MR) is 116 cm³/mol. The lowest BCUT2D eigenvalue weighted by molar-refractivity contribution is 0.0963. The zero-order valence-corrected chi connectivity index (χ0v) is 17.1. The third kappa shape index (κ3) is 3.50. The second-order valence-electron chi connectivity index (χ2n) is 6.89. The molecule has 2 aromatic carbocycles. The Morgan fingerprint density at radius 3 is 2.68 bits per heavy atom. The molecule has 1 unspecified atom stereocenters. The van der Waals surface area contributed by atoms with Crippen LogP contribution in [0.5, 0.6) is 0 Å². The Morgan fingerprint density at radius 2 is 1.93 bits per heavy atom. The van der Waals surface area contributed by atoms with E-state index in [0.29, 0.717) is 5.56 Å². The molecule has 0 spiro atoms. The number of carbonyl (C=O) groups excluding carboxylic acids is 1. The number of nitrogens with one attached hydrogen (secondary N) is 2. The lowest BCUT2D eigenvalue weighted by Crippen LogP contribution is -2.35. The van der Waals surface area contributed by atoms with Gasteiger partial charge >= 0.3 is 0 Å². The summed E-state index contributed by atoms with van der Waals surface area (Å²) >= 11 is 1.90. The van der Waals surface area contributed by atoms with Gasteiger partial charge in [0.1, 0.15) is 0 Å². The average Bonchev–Trinajstić information content (AvgIpc) is 3.27. The molecule has 2 aliphatic heterocycles. The van der Waals surface area contributed by atoms with Crippen molar-refractivity contribution in [2.45, 2.75) is 23.7 Å². The van der Waals surface area contributed by atoms with Gasteiger partial charge in [0.2, 0.25) is 0 Å². The normalized spacial score (nSPS) is 17.4. The first-order valence-electron chi connectivity index (χ1n) is 9.78. The lowest BCUT2D eigenvalue weighted by atomic mass is 10.1. The van der Waals surface area contributed by atoms with E-state index in [9.17, 15) is 4.79 Å². The number of hydrogen-bond donors (Lipinski definition) is 2. The molecule has 1 amide bonds. The van der Waals surface area contributed by atoms with Crippen molar-refractivity contribution < 1.29 is 4.79 Å². The van der Waals surface area contributed by atoms with Gasteiger partial charge in [-0.2, -0.15) is 0 Å². The highest BCUT2D eigenvalue weighted by Gasteiger charge is 2.39. The zero-order valence-electron chi connectivity index (χ0n) is 16.3. The number of fused-ring (bicyclic) bond motifs is 3. The highest BCUT2D eigenvalue weighted by atomic mass is 32.2. The quantitative estimate of drug-likeness (QED) is 0.704. The molecule has 146 valence electrons. The molecule has 1 atom stereocenters. The molecule has 4 rings (SSSR count). The van der Waals surface area contributed by atoms with Crippen LogP contribution in [-0.4, -0.2) is 43.0 Å². The van der Waals surface area contributed by atoms with Crippen LogP contribution >= 0.6 is 11.8 Å². The SMILES string of the molecule is CCNCCCN1C(c2ccc(C(=O)NC)cc2)=CN2c3ccccc3SC12. The molecule has 0 radical (unpaired) electrons. The molecule has 2 aliphatic rings. The number of para-hydroxylation sites is 1. The smallest absolute Gasteiger partial charge is 0.251 e. The maximum Gasteiger partial charge on any atom is 0.251 e. The van der Waals surface area contributed by atoms with Gasteiger partial charge in [-0.3, -0.25) is 4.79 Å². The summed E-state index contributed by atoms with van der Waals surface area (Å²) in [4.78, 5) is 18.0. The molecular formula is C22H26N4OS. The van der Waals surface area contributed by atoms with Gasteiger partial charge < -0.3 is 20.4 Å². The second-order valence-corrected chi connectivity index (χ2v) is 7.99. The van der Waals surface area contributed by atoms with Gasteiger partial charge in [-0.1, -0.05) is 43.0 Å². The summed E-state index contributed by atoms with van der Waals surface area (Å²) < 4.78 is 0. The number of thioether (sulfide) groups is 1. The first-order chi connectivity index (χ1) is 13.7. The van der Waals surface area contributed by atoms with Crippen molar-refractivity contribution in [3.8, 4) is 0 Å². The molecule has 5 nitrogen and oxygen atoms in total. The van der Waals surface area contributed by atoms with Gasteiger partial charge in [0.05, 0.1) is 11.4 Å². The number of anilines is 1. The van der Waals surface area contributed by atoms with Gasteiger partial charge in [-0.25, -0.2) is 0 Å². The zero-order chi connectivity index (χ0) is 19.5. The van der Waals surface area contributed by atoms with Gasteiger partial charge in [-0.15, -0.1) is 0 Å². The van der Waals surface area contributed by atoms with Crippen molar-refractivity contribution in [1.82, 2.24) is 15.5 Å². The summed E-state index contributed by atoms with van der Waals surface area (Å²) in [6.07, 6.45) is 3.34. The molecule has 2 N–H and O–H groups in total. The third-order valence-corrected chi connectivity index (χ3v) is 6.42. The Hall–Kier alpha value is -2.44. The van der Waals surface area contributed by atoms with Gasteiger partial charge in [0.25, 0.3) is 5.91 Å². The molecule has 6 heteroatoms. The van der Waals surface area contributed by atoms with Gasteiger partial charge in [-0.05, 0) is 49.3 Å². The first kappa shape index (κ1) is 18.9. The highest BCUT2D eigenvalue weighted by molar-refractivity contribution is 8.00. The van der Waals surface area contributed by atoms with Crippen LogP contribution in [-0.2, 0) is 0 Å². The van der Waals surface area contributed by atoms with Crippen molar-refractivity contribution in [3.63, 3.8) is 0 Å². The minimum atomic E-state index is -0.0560. The van der Waals surface area contributed by atoms with Crippen LogP contribution in [0.3, 0.4) is 0 Å². The van der Waals surface area contributed by atoms with E-state index in [1.165, 1.54) is 16.3 Å². The summed E-state index contributed by atoms with van der Waals surface area (Å²) in [6.45, 7) is 5.14. The molecule has 0 saturated heterocycles. The van der Waals surface area contributed by atoms with E-state index in [0.717, 1.165) is 31.6 Å². The molecule has 2 aromatic rings. The molecule has 0 aliphatic carbocycles. The summed E-state index contributed by atoms with van der Waals surface area (Å²) in [5.74, 6) is -0.0560. The van der Waals surface area contributed by atoms with Gasteiger partial charge in [0.15, 0.2) is 5.50 Å². The number of amides is 1. The largest absolute Gasteiger partial charge is 0.355 e. The van der Waals surface area contributed by atoms with E-state index < -0.39 is 0 Å². The van der Waals surface area contributed by atoms with Crippen LogP contribution in [0.15, 0.2) is 59.6 Å². The van der Waals surface area contributed by atoms with Crippen molar-refractivity contribution in [2.24, 2.45) is 0 Å². The van der Waals surface area contributed by atoms with E-state index in [1.54, 1.807) is 7.05 Å². The van der Waals surface area contributed by atoms with E-state index in [4.69, 9.17) is 0 Å². The van der Waals surface area contributed by atoms with E-state index in [2.05, 4.69) is 57.8 Å². The van der Waals surface area contributed by atoms with Crippen LogP contribution in [0, 0.1) is 0 Å². The van der Waals surface area contributed by atoms with Crippen LogP contribution in [0.2, 0.25) is 0 Å². The van der Waals surface area contributed by atoms with Crippen LogP contribution < -0.4 is 15.5 Å². The van der Waals surface area contributed by atoms with Crippen molar-refractivity contribution >= 4 is 29.1 Å². The Balaban J connectivity index is 1.62. The fourth-order valence-corrected chi connectivity index (χ4v) is 5.00. The Morgan fingerprint density at radius 1 is 1.14 bits per heavy atom. The molecule has 2 heterocycles. The number of carbonyl (C=O) groups is 1. The molecule has 0 fully saturated rings. The molecule has 28 heavy (non-hydrogen) atoms. The van der Waals surface area contributed by atoms with E-state index >= 15 is 0 Å². The highest BCUT2D eigenvalue weighted by Crippen LogP contribution is 2.50. The monoisotopic (exact) mass is 394 g/mol. The van der Waals surface area contributed by atoms with Gasteiger partial charge in [0, 0.05) is 30.3 Å². The summed E-state index contributed by atoms with van der Waals surface area (Å²) in [5, 5.41) is 6.10. The molecule has 0 saturated carbocycles. The summed E-state index contributed by atoms with van der Waals surface area (Å²) in [6, 6.07) is 16.5. The molecule has 0 aromatic heterocycles. The van der Waals surface area contributed by atoms with Crippen LogP contribution in [0.25, 0.3) is 5.70 Å². The van der Waals surface area contributed by atoms with Crippen molar-refractivity contribution in [1.29, 1.82) is 0 Å². The maximum atomic E-state index is 11.9. The maximum absolute atomic E-state index is 11.9. The first-order valence-corrected chi connectivity index (χ1v) is 10.7. The summed E-state index contributed by atoms with van der Waals surface area (Å²) in [5.41, 5.74) is 4.57. The number of rotatable bonds is 7. The fraction of sp³-hybridized carbons (Fsp3) is 0.318. The van der Waals surface area contributed by atoms with E-state index in [-0.39, 0.29) is 11.4 Å². The Kier molecular flexibility index (Phi) is 5.59. The minimum absolute atomic E-state index is 0.0560. The number of nitrogens with zero attached hydrogens (tertiary/aromatic N) is 2. The van der Waals surface area contributed by atoms with Crippen LogP contribution in [0.4, 0.5) is 5.69 Å². The topological polar surface area (TPSA) is 47.6 Å². The number of benzene rings is 2. The average molecular weight is 395 g/mol.